The van der Waals surface area contributed by atoms with Crippen molar-refractivity contribution in [2.45, 2.75) is 12.8 Å². The lowest BCUT2D eigenvalue weighted by molar-refractivity contribution is 1.23. The van der Waals surface area contributed by atoms with E-state index in [2.05, 4.69) is 13.2 Å². The molecule has 0 amide bonds. The first-order valence-corrected chi connectivity index (χ1v) is 4.57. The molecule has 0 unspecified atom stereocenters. The lowest BCUT2D eigenvalue weighted by Gasteiger charge is -2.09. The number of hydrogen-bond donors (Lipinski definition) is 2. The van der Waals surface area contributed by atoms with Gasteiger partial charge in [-0.25, -0.2) is 0 Å². The smallest absolute Gasteiger partial charge is 0.0354 e. The molecule has 2 heteroatoms. The Balaban J connectivity index is 3.09. The molecule has 0 radical (unpaired) electrons. The fourth-order valence-corrected chi connectivity index (χ4v) is 1.39. The molecule has 0 aliphatic heterocycles. The first kappa shape index (κ1) is 10.4. The standard InChI is InChI=1S/C12H16N2/c1-3-5-9-7-12(14)10(6-4-2)8-11(9)13/h3-4,7-8H,1-2,5-6,13-14H2. The third-order valence-electron chi connectivity index (χ3n) is 2.13. The van der Waals surface area contributed by atoms with Crippen LogP contribution in [0.1, 0.15) is 11.1 Å². The summed E-state index contributed by atoms with van der Waals surface area (Å²) in [6.07, 6.45) is 5.14. The molecule has 4 N–H and O–H groups in total. The summed E-state index contributed by atoms with van der Waals surface area (Å²) in [7, 11) is 0. The van der Waals surface area contributed by atoms with Crippen LogP contribution in [0.25, 0.3) is 0 Å². The van der Waals surface area contributed by atoms with Gasteiger partial charge in [0, 0.05) is 11.4 Å². The van der Waals surface area contributed by atoms with E-state index in [1.165, 1.54) is 0 Å². The van der Waals surface area contributed by atoms with E-state index in [1.807, 2.05) is 24.3 Å². The second-order valence-corrected chi connectivity index (χ2v) is 3.24. The summed E-state index contributed by atoms with van der Waals surface area (Å²) >= 11 is 0. The van der Waals surface area contributed by atoms with E-state index in [0.29, 0.717) is 0 Å². The van der Waals surface area contributed by atoms with Crippen LogP contribution in [0.15, 0.2) is 37.4 Å². The topological polar surface area (TPSA) is 52.0 Å². The van der Waals surface area contributed by atoms with E-state index in [0.717, 1.165) is 35.3 Å². The number of nitrogen functional groups attached to an aromatic ring is 2. The second kappa shape index (κ2) is 4.51. The minimum Gasteiger partial charge on any atom is -0.398 e. The van der Waals surface area contributed by atoms with Gasteiger partial charge in [-0.1, -0.05) is 12.2 Å². The summed E-state index contributed by atoms with van der Waals surface area (Å²) in [6.45, 7) is 7.35. The first-order chi connectivity index (χ1) is 6.69. The van der Waals surface area contributed by atoms with Gasteiger partial charge in [-0.05, 0) is 36.1 Å². The summed E-state index contributed by atoms with van der Waals surface area (Å²) < 4.78 is 0. The predicted molar refractivity (Wildman–Crippen MR) is 63.1 cm³/mol. The minimum absolute atomic E-state index is 0.754. The summed E-state index contributed by atoms with van der Waals surface area (Å²) in [5, 5.41) is 0. The molecule has 14 heavy (non-hydrogen) atoms. The zero-order valence-electron chi connectivity index (χ0n) is 8.29. The van der Waals surface area contributed by atoms with Crippen molar-refractivity contribution in [1.29, 1.82) is 0 Å². The van der Waals surface area contributed by atoms with Crippen LogP contribution in [0.2, 0.25) is 0 Å². The normalized spacial score (nSPS) is 9.71. The van der Waals surface area contributed by atoms with Gasteiger partial charge in [0.2, 0.25) is 0 Å². The molecule has 0 atom stereocenters. The Kier molecular flexibility index (Phi) is 3.35. The number of nitrogens with two attached hydrogens (primary N) is 2. The molecule has 74 valence electrons. The summed E-state index contributed by atoms with van der Waals surface area (Å²) in [5.41, 5.74) is 15.4. The molecular formula is C12H16N2. The molecule has 1 aromatic carbocycles. The van der Waals surface area contributed by atoms with Gasteiger partial charge < -0.3 is 11.5 Å². The van der Waals surface area contributed by atoms with Crippen molar-refractivity contribution >= 4 is 11.4 Å². The number of anilines is 2. The lowest BCUT2D eigenvalue weighted by Crippen LogP contribution is -2.00. The van der Waals surface area contributed by atoms with Gasteiger partial charge in [0.1, 0.15) is 0 Å². The summed E-state index contributed by atoms with van der Waals surface area (Å²) in [6, 6.07) is 3.83. The molecule has 0 fully saturated rings. The Hall–Kier alpha value is -1.70. The Morgan fingerprint density at radius 3 is 1.57 bits per heavy atom. The largest absolute Gasteiger partial charge is 0.398 e. The number of rotatable bonds is 4. The molecule has 1 aromatic rings. The van der Waals surface area contributed by atoms with Crippen LogP contribution in [-0.4, -0.2) is 0 Å². The van der Waals surface area contributed by atoms with Crippen LogP contribution in [-0.2, 0) is 12.8 Å². The van der Waals surface area contributed by atoms with Gasteiger partial charge in [-0.15, -0.1) is 13.2 Å². The zero-order chi connectivity index (χ0) is 10.6. The molecule has 0 heterocycles. The number of allylic oxidation sites excluding steroid dienone is 2. The average molecular weight is 188 g/mol. The van der Waals surface area contributed by atoms with Crippen molar-refractivity contribution in [2.24, 2.45) is 0 Å². The predicted octanol–water partition coefficient (Wildman–Crippen LogP) is 2.31. The lowest BCUT2D eigenvalue weighted by atomic mass is 10.0. The van der Waals surface area contributed by atoms with Gasteiger partial charge in [0.15, 0.2) is 0 Å². The molecule has 0 aliphatic carbocycles. The van der Waals surface area contributed by atoms with Gasteiger partial charge in [0.05, 0.1) is 0 Å². The fourth-order valence-electron chi connectivity index (χ4n) is 1.39. The molecule has 0 saturated carbocycles. The van der Waals surface area contributed by atoms with Crippen molar-refractivity contribution in [1.82, 2.24) is 0 Å². The maximum Gasteiger partial charge on any atom is 0.0354 e. The molecular weight excluding hydrogens is 172 g/mol. The third kappa shape index (κ3) is 2.16. The monoisotopic (exact) mass is 188 g/mol. The summed E-state index contributed by atoms with van der Waals surface area (Å²) in [4.78, 5) is 0. The highest BCUT2D eigenvalue weighted by molar-refractivity contribution is 5.61. The van der Waals surface area contributed by atoms with Gasteiger partial charge in [-0.2, -0.15) is 0 Å². The van der Waals surface area contributed by atoms with Crippen LogP contribution in [0.5, 0.6) is 0 Å². The van der Waals surface area contributed by atoms with Crippen molar-refractivity contribution in [3.63, 3.8) is 0 Å². The Labute approximate surface area is 84.9 Å². The van der Waals surface area contributed by atoms with E-state index >= 15 is 0 Å². The van der Waals surface area contributed by atoms with Crippen molar-refractivity contribution in [3.8, 4) is 0 Å². The van der Waals surface area contributed by atoms with E-state index in [-0.39, 0.29) is 0 Å². The SMILES string of the molecule is C=CCc1cc(N)c(CC=C)cc1N. The highest BCUT2D eigenvalue weighted by Gasteiger charge is 2.03. The van der Waals surface area contributed by atoms with Crippen LogP contribution < -0.4 is 11.5 Å². The molecule has 1 rings (SSSR count). The van der Waals surface area contributed by atoms with Gasteiger partial charge >= 0.3 is 0 Å². The highest BCUT2D eigenvalue weighted by Crippen LogP contribution is 2.22. The van der Waals surface area contributed by atoms with E-state index in [9.17, 15) is 0 Å². The Morgan fingerprint density at radius 1 is 0.929 bits per heavy atom. The third-order valence-corrected chi connectivity index (χ3v) is 2.13. The van der Waals surface area contributed by atoms with Crippen LogP contribution in [0, 0.1) is 0 Å². The van der Waals surface area contributed by atoms with E-state index in [1.54, 1.807) is 0 Å². The molecule has 2 nitrogen and oxygen atoms in total. The quantitative estimate of drug-likeness (QED) is 0.562. The summed E-state index contributed by atoms with van der Waals surface area (Å²) in [5.74, 6) is 0. The van der Waals surface area contributed by atoms with Gasteiger partial charge in [0.25, 0.3) is 0 Å². The first-order valence-electron chi connectivity index (χ1n) is 4.57. The average Bonchev–Trinajstić information content (AvgIpc) is 2.14. The van der Waals surface area contributed by atoms with E-state index in [4.69, 9.17) is 11.5 Å². The molecule has 0 spiro atoms. The number of benzene rings is 1. The van der Waals surface area contributed by atoms with Gasteiger partial charge in [-0.3, -0.25) is 0 Å². The van der Waals surface area contributed by atoms with Crippen molar-refractivity contribution < 1.29 is 0 Å². The van der Waals surface area contributed by atoms with Crippen LogP contribution >= 0.6 is 0 Å². The second-order valence-electron chi connectivity index (χ2n) is 3.24. The fraction of sp³-hybridized carbons (Fsp3) is 0.167. The van der Waals surface area contributed by atoms with Crippen LogP contribution in [0.4, 0.5) is 11.4 Å². The van der Waals surface area contributed by atoms with Crippen molar-refractivity contribution in [3.05, 3.63) is 48.6 Å². The number of hydrogen-bond acceptors (Lipinski definition) is 2. The maximum atomic E-state index is 5.87. The molecule has 0 aromatic heterocycles. The zero-order valence-corrected chi connectivity index (χ0v) is 8.29. The minimum atomic E-state index is 0.754. The van der Waals surface area contributed by atoms with E-state index < -0.39 is 0 Å². The maximum absolute atomic E-state index is 5.87. The Morgan fingerprint density at radius 2 is 1.29 bits per heavy atom. The van der Waals surface area contributed by atoms with Crippen LogP contribution in [0.3, 0.4) is 0 Å². The Bertz CT molecular complexity index is 318. The molecule has 0 bridgehead atoms. The molecule has 0 saturated heterocycles. The van der Waals surface area contributed by atoms with Crippen molar-refractivity contribution in [2.75, 3.05) is 11.5 Å². The molecule has 0 aliphatic rings. The highest BCUT2D eigenvalue weighted by atomic mass is 14.6.